The van der Waals surface area contributed by atoms with E-state index in [1.165, 1.54) is 6.07 Å². The van der Waals surface area contributed by atoms with Crippen LogP contribution in [0.4, 0.5) is 0 Å². The summed E-state index contributed by atoms with van der Waals surface area (Å²) in [4.78, 5) is 13.8. The summed E-state index contributed by atoms with van der Waals surface area (Å²) < 4.78 is 0.757. The molecule has 84 valence electrons. The summed E-state index contributed by atoms with van der Waals surface area (Å²) in [5, 5.41) is 9.56. The second kappa shape index (κ2) is 4.86. The fourth-order valence-electron chi connectivity index (χ4n) is 1.65. The van der Waals surface area contributed by atoms with Gasteiger partial charge in [-0.1, -0.05) is 12.2 Å². The van der Waals surface area contributed by atoms with E-state index in [0.29, 0.717) is 12.1 Å². The van der Waals surface area contributed by atoms with Crippen molar-refractivity contribution in [3.8, 4) is 5.75 Å². The lowest BCUT2D eigenvalue weighted by Crippen LogP contribution is -2.33. The third-order valence-corrected chi connectivity index (χ3v) is 3.45. The van der Waals surface area contributed by atoms with E-state index in [-0.39, 0.29) is 11.7 Å². The van der Waals surface area contributed by atoms with Gasteiger partial charge in [0.2, 0.25) is 0 Å². The summed E-state index contributed by atoms with van der Waals surface area (Å²) in [5.41, 5.74) is 0.549. The highest BCUT2D eigenvalue weighted by molar-refractivity contribution is 14.1. The van der Waals surface area contributed by atoms with E-state index in [2.05, 4.69) is 6.08 Å². The van der Waals surface area contributed by atoms with E-state index in [0.717, 1.165) is 16.5 Å². The molecule has 0 saturated heterocycles. The average molecular weight is 329 g/mol. The largest absolute Gasteiger partial charge is 0.507 e. The smallest absolute Gasteiger partial charge is 0.254 e. The molecule has 0 spiro atoms. The number of phenols is 1. The first-order valence-corrected chi connectivity index (χ1v) is 6.19. The van der Waals surface area contributed by atoms with Crippen molar-refractivity contribution in [3.63, 3.8) is 0 Å². The molecule has 1 amide bonds. The van der Waals surface area contributed by atoms with Crippen LogP contribution in [0.3, 0.4) is 0 Å². The lowest BCUT2D eigenvalue weighted by molar-refractivity contribution is 0.0770. The lowest BCUT2D eigenvalue weighted by Gasteiger charge is -2.23. The maximum absolute atomic E-state index is 12.0. The number of aromatic hydroxyl groups is 1. The number of hydrogen-bond acceptors (Lipinski definition) is 2. The summed E-state index contributed by atoms with van der Waals surface area (Å²) >= 11 is 2.03. The van der Waals surface area contributed by atoms with E-state index < -0.39 is 0 Å². The molecule has 1 aromatic carbocycles. The summed E-state index contributed by atoms with van der Waals surface area (Å²) in [7, 11) is 0. The maximum Gasteiger partial charge on any atom is 0.254 e. The molecule has 0 fully saturated rings. The number of rotatable bonds is 1. The van der Waals surface area contributed by atoms with Gasteiger partial charge in [-0.15, -0.1) is 0 Å². The molecule has 0 aromatic heterocycles. The van der Waals surface area contributed by atoms with Gasteiger partial charge in [-0.2, -0.15) is 0 Å². The number of hydrogen-bond donors (Lipinski definition) is 1. The number of carbonyl (C=O) groups is 1. The van der Waals surface area contributed by atoms with Crippen LogP contribution in [-0.2, 0) is 0 Å². The minimum atomic E-state index is -0.0175. The molecule has 1 aliphatic rings. The Morgan fingerprint density at radius 1 is 1.38 bits per heavy atom. The number of phenolic OH excluding ortho intramolecular Hbond substituents is 1. The zero-order chi connectivity index (χ0) is 11.5. The van der Waals surface area contributed by atoms with Crippen molar-refractivity contribution < 1.29 is 9.90 Å². The minimum Gasteiger partial charge on any atom is -0.507 e. The molecule has 2 rings (SSSR count). The highest BCUT2D eigenvalue weighted by Gasteiger charge is 2.16. The third kappa shape index (κ3) is 2.37. The quantitative estimate of drug-likeness (QED) is 0.635. The summed E-state index contributed by atoms with van der Waals surface area (Å²) in [6, 6.07) is 5.04. The van der Waals surface area contributed by atoms with Crippen LogP contribution >= 0.6 is 22.6 Å². The van der Waals surface area contributed by atoms with E-state index >= 15 is 0 Å². The first-order chi connectivity index (χ1) is 7.68. The minimum absolute atomic E-state index is 0.0175. The Balaban J connectivity index is 2.20. The molecule has 16 heavy (non-hydrogen) atoms. The molecule has 0 atom stereocenters. The average Bonchev–Trinajstić information content (AvgIpc) is 2.33. The standard InChI is InChI=1S/C12H12INO2/c13-10-5-4-9(8-11(10)15)12(16)14-6-2-1-3-7-14/h1-2,4-5,8,15H,3,6-7H2. The molecule has 1 N–H and O–H groups in total. The van der Waals surface area contributed by atoms with E-state index in [1.54, 1.807) is 17.0 Å². The number of halogens is 1. The normalized spacial score (nSPS) is 15.2. The van der Waals surface area contributed by atoms with Crippen LogP contribution in [0.25, 0.3) is 0 Å². The second-order valence-corrected chi connectivity index (χ2v) is 4.84. The van der Waals surface area contributed by atoms with E-state index in [9.17, 15) is 9.90 Å². The third-order valence-electron chi connectivity index (χ3n) is 2.54. The van der Waals surface area contributed by atoms with Crippen molar-refractivity contribution in [1.29, 1.82) is 0 Å². The van der Waals surface area contributed by atoms with Crippen LogP contribution in [0, 0.1) is 3.57 Å². The van der Waals surface area contributed by atoms with Crippen molar-refractivity contribution in [2.45, 2.75) is 6.42 Å². The number of carbonyl (C=O) groups excluding carboxylic acids is 1. The van der Waals surface area contributed by atoms with Gasteiger partial charge >= 0.3 is 0 Å². The Bertz CT molecular complexity index is 443. The molecule has 1 aliphatic heterocycles. The summed E-state index contributed by atoms with van der Waals surface area (Å²) in [5.74, 6) is 0.148. The number of amides is 1. The van der Waals surface area contributed by atoms with Crippen LogP contribution in [0.15, 0.2) is 30.4 Å². The van der Waals surface area contributed by atoms with Crippen molar-refractivity contribution in [1.82, 2.24) is 4.90 Å². The molecule has 0 aliphatic carbocycles. The van der Waals surface area contributed by atoms with Gasteiger partial charge in [0, 0.05) is 18.7 Å². The Morgan fingerprint density at radius 2 is 2.19 bits per heavy atom. The van der Waals surface area contributed by atoms with Gasteiger partial charge in [0.05, 0.1) is 3.57 Å². The fraction of sp³-hybridized carbons (Fsp3) is 0.250. The first-order valence-electron chi connectivity index (χ1n) is 5.11. The Hall–Kier alpha value is -1.04. The number of benzene rings is 1. The molecule has 0 bridgehead atoms. The van der Waals surface area contributed by atoms with Crippen molar-refractivity contribution >= 4 is 28.5 Å². The molecule has 3 nitrogen and oxygen atoms in total. The zero-order valence-corrected chi connectivity index (χ0v) is 10.8. The van der Waals surface area contributed by atoms with E-state index in [1.807, 2.05) is 28.7 Å². The molecule has 1 heterocycles. The molecule has 0 unspecified atom stereocenters. The topological polar surface area (TPSA) is 40.5 Å². The highest BCUT2D eigenvalue weighted by Crippen LogP contribution is 2.21. The van der Waals surface area contributed by atoms with Crippen LogP contribution in [0.2, 0.25) is 0 Å². The predicted octanol–water partition coefficient (Wildman–Crippen LogP) is 2.40. The fourth-order valence-corrected chi connectivity index (χ4v) is 1.99. The van der Waals surface area contributed by atoms with Gasteiger partial charge in [0.25, 0.3) is 5.91 Å². The van der Waals surface area contributed by atoms with Gasteiger partial charge < -0.3 is 10.0 Å². The van der Waals surface area contributed by atoms with Crippen molar-refractivity contribution in [3.05, 3.63) is 39.5 Å². The van der Waals surface area contributed by atoms with Gasteiger partial charge in [-0.3, -0.25) is 4.79 Å². The number of nitrogens with zero attached hydrogens (tertiary/aromatic N) is 1. The Morgan fingerprint density at radius 3 is 2.81 bits per heavy atom. The SMILES string of the molecule is O=C(c1ccc(I)c(O)c1)N1CC=CCC1. The molecular formula is C12H12INO2. The molecule has 0 radical (unpaired) electrons. The Labute approximate surface area is 108 Å². The molecule has 1 aromatic rings. The zero-order valence-electron chi connectivity index (χ0n) is 8.69. The summed E-state index contributed by atoms with van der Waals surface area (Å²) in [6.45, 7) is 1.41. The monoisotopic (exact) mass is 329 g/mol. The van der Waals surface area contributed by atoms with Crippen molar-refractivity contribution in [2.24, 2.45) is 0 Å². The van der Waals surface area contributed by atoms with Crippen LogP contribution in [-0.4, -0.2) is 29.0 Å². The van der Waals surface area contributed by atoms with Gasteiger partial charge in [0.15, 0.2) is 0 Å². The highest BCUT2D eigenvalue weighted by atomic mass is 127. The first kappa shape index (κ1) is 11.4. The van der Waals surface area contributed by atoms with Crippen LogP contribution < -0.4 is 0 Å². The van der Waals surface area contributed by atoms with Gasteiger partial charge in [0.1, 0.15) is 5.75 Å². The van der Waals surface area contributed by atoms with Gasteiger partial charge in [-0.25, -0.2) is 0 Å². The summed E-state index contributed by atoms with van der Waals surface area (Å²) in [6.07, 6.45) is 4.98. The molecule has 4 heteroatoms. The van der Waals surface area contributed by atoms with Crippen molar-refractivity contribution in [2.75, 3.05) is 13.1 Å². The molecular weight excluding hydrogens is 317 g/mol. The molecule has 0 saturated carbocycles. The Kier molecular flexibility index (Phi) is 3.48. The lowest BCUT2D eigenvalue weighted by atomic mass is 10.1. The van der Waals surface area contributed by atoms with E-state index in [4.69, 9.17) is 0 Å². The van der Waals surface area contributed by atoms with Gasteiger partial charge in [-0.05, 0) is 47.2 Å². The van der Waals surface area contributed by atoms with Crippen LogP contribution in [0.1, 0.15) is 16.8 Å². The maximum atomic E-state index is 12.0. The predicted molar refractivity (Wildman–Crippen MR) is 70.5 cm³/mol. The van der Waals surface area contributed by atoms with Crippen LogP contribution in [0.5, 0.6) is 5.75 Å². The second-order valence-electron chi connectivity index (χ2n) is 3.68.